The zero-order valence-electron chi connectivity index (χ0n) is 15.3. The van der Waals surface area contributed by atoms with Gasteiger partial charge in [-0.25, -0.2) is 4.39 Å². The van der Waals surface area contributed by atoms with Crippen molar-refractivity contribution in [3.63, 3.8) is 0 Å². The third-order valence-corrected chi connectivity index (χ3v) is 5.21. The molecule has 2 aliphatic rings. The van der Waals surface area contributed by atoms with E-state index in [2.05, 4.69) is 4.90 Å². The predicted molar refractivity (Wildman–Crippen MR) is 93.0 cm³/mol. The van der Waals surface area contributed by atoms with Crippen LogP contribution in [0.1, 0.15) is 43.7 Å². The molecule has 3 rings (SSSR count). The smallest absolute Gasteiger partial charge is 0.377 e. The van der Waals surface area contributed by atoms with Gasteiger partial charge in [0.25, 0.3) is 0 Å². The summed E-state index contributed by atoms with van der Waals surface area (Å²) < 4.78 is 60.1. The summed E-state index contributed by atoms with van der Waals surface area (Å²) in [5.74, 6) is -0.441. The molecule has 0 radical (unpaired) electrons. The number of benzene rings is 1. The fourth-order valence-corrected chi connectivity index (χ4v) is 3.97. The highest BCUT2D eigenvalue weighted by Crippen LogP contribution is 2.35. The number of rotatable bonds is 4. The molecular formula is C19H26F4N2O. The summed E-state index contributed by atoms with van der Waals surface area (Å²) in [6.45, 7) is 6.21. The monoisotopic (exact) mass is 374 g/mol. The average molecular weight is 374 g/mol. The third-order valence-electron chi connectivity index (χ3n) is 5.21. The fourth-order valence-electron chi connectivity index (χ4n) is 3.97. The van der Waals surface area contributed by atoms with Gasteiger partial charge in [-0.1, -0.05) is 13.8 Å². The third kappa shape index (κ3) is 4.14. The summed E-state index contributed by atoms with van der Waals surface area (Å²) in [6.07, 6.45) is -2.19. The molecule has 2 saturated heterocycles. The largest absolute Gasteiger partial charge is 0.411 e. The number of nitrogens with zero attached hydrogens (tertiary/aromatic N) is 2. The molecule has 1 atom stereocenters. The van der Waals surface area contributed by atoms with Crippen molar-refractivity contribution in [1.82, 2.24) is 4.90 Å². The average Bonchev–Trinajstić information content (AvgIpc) is 3.06. The topological polar surface area (TPSA) is 15.7 Å². The Morgan fingerprint density at radius 3 is 2.46 bits per heavy atom. The van der Waals surface area contributed by atoms with Crippen LogP contribution in [0.4, 0.5) is 23.2 Å². The van der Waals surface area contributed by atoms with Crippen molar-refractivity contribution in [3.05, 3.63) is 29.1 Å². The Bertz CT molecular complexity index is 627. The van der Waals surface area contributed by atoms with E-state index in [1.807, 2.05) is 13.8 Å². The lowest BCUT2D eigenvalue weighted by Gasteiger charge is -2.38. The Balaban J connectivity index is 1.97. The first-order chi connectivity index (χ1) is 12.3. The second-order valence-corrected chi connectivity index (χ2v) is 7.46. The molecule has 0 aromatic heterocycles. The number of hydrogen-bond donors (Lipinski definition) is 0. The normalized spacial score (nSPS) is 22.4. The second kappa shape index (κ2) is 7.72. The lowest BCUT2D eigenvalue weighted by atomic mass is 9.94. The minimum absolute atomic E-state index is 0.0234. The van der Waals surface area contributed by atoms with E-state index in [1.165, 1.54) is 11.0 Å². The number of halogens is 4. The summed E-state index contributed by atoms with van der Waals surface area (Å²) >= 11 is 0. The number of likely N-dealkylation sites (tertiary alicyclic amines) is 1. The Morgan fingerprint density at radius 1 is 1.15 bits per heavy atom. The van der Waals surface area contributed by atoms with Crippen LogP contribution in [0.2, 0.25) is 0 Å². The van der Waals surface area contributed by atoms with Crippen LogP contribution in [0.5, 0.6) is 0 Å². The molecule has 0 aliphatic carbocycles. The van der Waals surface area contributed by atoms with Crippen molar-refractivity contribution < 1.29 is 22.3 Å². The number of morpholine rings is 1. The molecule has 146 valence electrons. The summed E-state index contributed by atoms with van der Waals surface area (Å²) in [5.41, 5.74) is 1.70. The summed E-state index contributed by atoms with van der Waals surface area (Å²) in [7, 11) is 0. The zero-order valence-corrected chi connectivity index (χ0v) is 15.3. The Morgan fingerprint density at radius 2 is 1.85 bits per heavy atom. The van der Waals surface area contributed by atoms with Gasteiger partial charge in [0.05, 0.1) is 13.2 Å². The van der Waals surface area contributed by atoms with Crippen molar-refractivity contribution in [2.75, 3.05) is 37.7 Å². The molecule has 0 bridgehead atoms. The maximum atomic E-state index is 14.9. The summed E-state index contributed by atoms with van der Waals surface area (Å²) in [4.78, 5) is 3.48. The van der Waals surface area contributed by atoms with E-state index in [0.29, 0.717) is 17.8 Å². The Labute approximate surface area is 151 Å². The molecule has 2 fully saturated rings. The van der Waals surface area contributed by atoms with Gasteiger partial charge < -0.3 is 9.64 Å². The SMILES string of the molecule is CC(C)c1c(F)cc(N2CCOC[C@@H]2C(F)(F)F)cc1CN1CCCC1. The van der Waals surface area contributed by atoms with Crippen LogP contribution in [-0.4, -0.2) is 50.0 Å². The van der Waals surface area contributed by atoms with E-state index >= 15 is 0 Å². The lowest BCUT2D eigenvalue weighted by molar-refractivity contribution is -0.167. The van der Waals surface area contributed by atoms with Crippen molar-refractivity contribution >= 4 is 5.69 Å². The van der Waals surface area contributed by atoms with Gasteiger partial charge in [0, 0.05) is 18.8 Å². The van der Waals surface area contributed by atoms with Gasteiger partial charge in [0.2, 0.25) is 0 Å². The van der Waals surface area contributed by atoms with Gasteiger partial charge in [-0.3, -0.25) is 4.90 Å². The molecule has 0 spiro atoms. The summed E-state index contributed by atoms with van der Waals surface area (Å²) in [6, 6.07) is 1.27. The van der Waals surface area contributed by atoms with Crippen LogP contribution in [0, 0.1) is 5.82 Å². The minimum Gasteiger partial charge on any atom is -0.377 e. The van der Waals surface area contributed by atoms with Crippen molar-refractivity contribution in [2.24, 2.45) is 0 Å². The van der Waals surface area contributed by atoms with Crippen LogP contribution < -0.4 is 4.90 Å². The Hall–Kier alpha value is -1.34. The number of hydrogen-bond acceptors (Lipinski definition) is 3. The fraction of sp³-hybridized carbons (Fsp3) is 0.684. The maximum absolute atomic E-state index is 14.9. The highest BCUT2D eigenvalue weighted by Gasteiger charge is 2.45. The van der Waals surface area contributed by atoms with Gasteiger partial charge in [-0.2, -0.15) is 13.2 Å². The standard InChI is InChI=1S/C19H26F4N2O/c1-13(2)18-14(11-24-5-3-4-6-24)9-15(10-16(18)20)25-7-8-26-12-17(25)19(21,22)23/h9-10,13,17H,3-8,11-12H2,1-2H3/t17-/m1/s1. The first-order valence-corrected chi connectivity index (χ1v) is 9.23. The van der Waals surface area contributed by atoms with E-state index in [9.17, 15) is 17.6 Å². The molecule has 1 aromatic rings. The minimum atomic E-state index is -4.41. The highest BCUT2D eigenvalue weighted by molar-refractivity contribution is 5.54. The molecule has 0 unspecified atom stereocenters. The van der Waals surface area contributed by atoms with E-state index in [1.54, 1.807) is 6.07 Å². The van der Waals surface area contributed by atoms with E-state index < -0.39 is 24.6 Å². The number of anilines is 1. The predicted octanol–water partition coefficient (Wildman–Crippen LogP) is 4.31. The number of alkyl halides is 3. The number of ether oxygens (including phenoxy) is 1. The molecule has 1 aromatic carbocycles. The lowest BCUT2D eigenvalue weighted by Crippen LogP contribution is -2.53. The van der Waals surface area contributed by atoms with Crippen LogP contribution in [0.15, 0.2) is 12.1 Å². The highest BCUT2D eigenvalue weighted by atomic mass is 19.4. The molecule has 3 nitrogen and oxygen atoms in total. The van der Waals surface area contributed by atoms with Gasteiger partial charge >= 0.3 is 6.18 Å². The molecule has 7 heteroatoms. The molecule has 0 saturated carbocycles. The molecule has 26 heavy (non-hydrogen) atoms. The first kappa shape index (κ1) is 19.4. The zero-order chi connectivity index (χ0) is 18.9. The molecule has 2 heterocycles. The van der Waals surface area contributed by atoms with Crippen LogP contribution in [0.3, 0.4) is 0 Å². The van der Waals surface area contributed by atoms with Crippen LogP contribution in [-0.2, 0) is 11.3 Å². The van der Waals surface area contributed by atoms with Crippen LogP contribution >= 0.6 is 0 Å². The molecule has 0 amide bonds. The van der Waals surface area contributed by atoms with E-state index in [4.69, 9.17) is 4.74 Å². The van der Waals surface area contributed by atoms with Gasteiger partial charge in [0.1, 0.15) is 11.9 Å². The summed E-state index contributed by atoms with van der Waals surface area (Å²) in [5, 5.41) is 0. The van der Waals surface area contributed by atoms with E-state index in [0.717, 1.165) is 31.5 Å². The van der Waals surface area contributed by atoms with Crippen molar-refractivity contribution in [2.45, 2.75) is 51.4 Å². The first-order valence-electron chi connectivity index (χ1n) is 9.23. The molecule has 2 aliphatic heterocycles. The van der Waals surface area contributed by atoms with Gasteiger partial charge in [-0.05, 0) is 55.1 Å². The Kier molecular flexibility index (Phi) is 5.77. The van der Waals surface area contributed by atoms with Crippen LogP contribution in [0.25, 0.3) is 0 Å². The van der Waals surface area contributed by atoms with Crippen molar-refractivity contribution in [1.29, 1.82) is 0 Å². The second-order valence-electron chi connectivity index (χ2n) is 7.46. The molecule has 0 N–H and O–H groups in total. The van der Waals surface area contributed by atoms with Gasteiger partial charge in [-0.15, -0.1) is 0 Å². The molecular weight excluding hydrogens is 348 g/mol. The van der Waals surface area contributed by atoms with Gasteiger partial charge in [0.15, 0.2) is 0 Å². The maximum Gasteiger partial charge on any atom is 0.411 e. The van der Waals surface area contributed by atoms with E-state index in [-0.39, 0.29) is 19.1 Å². The van der Waals surface area contributed by atoms with Crippen molar-refractivity contribution in [3.8, 4) is 0 Å². The quantitative estimate of drug-likeness (QED) is 0.731.